The SMILES string of the molecule is O=C(OP(OC(=O)C(O)CO)OC(=O)C(O)CO)C(O)CO.O=C([O-])C(O)CO.[Na+]. The van der Waals surface area contributed by atoms with Crippen molar-refractivity contribution < 1.29 is 108 Å². The van der Waals surface area contributed by atoms with Gasteiger partial charge < -0.3 is 64.3 Å². The molecule has 0 aromatic rings. The van der Waals surface area contributed by atoms with Crippen LogP contribution in [0.2, 0.25) is 0 Å². The minimum absolute atomic E-state index is 0. The molecule has 0 rings (SSSR count). The molecule has 4 atom stereocenters. The van der Waals surface area contributed by atoms with Crippen LogP contribution in [-0.4, -0.2) is 116 Å². The number of carboxylic acids is 1. The van der Waals surface area contributed by atoms with Gasteiger partial charge in [0.1, 0.15) is 6.10 Å². The van der Waals surface area contributed by atoms with Crippen molar-refractivity contribution in [2.24, 2.45) is 0 Å². The molecule has 0 fully saturated rings. The zero-order valence-corrected chi connectivity index (χ0v) is 18.3. The molecule has 0 aliphatic rings. The van der Waals surface area contributed by atoms with Crippen LogP contribution in [0.25, 0.3) is 0 Å². The van der Waals surface area contributed by atoms with Crippen LogP contribution in [0.3, 0.4) is 0 Å². The van der Waals surface area contributed by atoms with E-state index in [0.717, 1.165) is 0 Å². The molecule has 0 bridgehead atoms. The second-order valence-electron chi connectivity index (χ2n) is 4.57. The molecule has 0 saturated heterocycles. The van der Waals surface area contributed by atoms with Gasteiger partial charge in [-0.2, -0.15) is 0 Å². The zero-order chi connectivity index (χ0) is 23.1. The van der Waals surface area contributed by atoms with Crippen molar-refractivity contribution in [1.29, 1.82) is 0 Å². The summed E-state index contributed by atoms with van der Waals surface area (Å²) >= 11 is 0. The number of carbonyl (C=O) groups excluding carboxylic acids is 4. The number of aliphatic hydroxyl groups is 8. The molecule has 0 aliphatic carbocycles. The van der Waals surface area contributed by atoms with Gasteiger partial charge in [0.2, 0.25) is 0 Å². The van der Waals surface area contributed by atoms with E-state index in [1.54, 1.807) is 0 Å². The van der Waals surface area contributed by atoms with Gasteiger partial charge in [-0.25, -0.2) is 14.4 Å². The molecular formula is C12H20NaO16P. The van der Waals surface area contributed by atoms with Crippen molar-refractivity contribution in [2.45, 2.75) is 24.4 Å². The van der Waals surface area contributed by atoms with Gasteiger partial charge in [-0.05, 0) is 0 Å². The van der Waals surface area contributed by atoms with E-state index in [1.807, 2.05) is 0 Å². The molecular weight excluding hydrogens is 454 g/mol. The van der Waals surface area contributed by atoms with Gasteiger partial charge in [0.05, 0.1) is 32.4 Å². The summed E-state index contributed by atoms with van der Waals surface area (Å²) in [7, 11) is -3.16. The zero-order valence-electron chi connectivity index (χ0n) is 15.4. The molecule has 0 saturated carbocycles. The number of hydrogen-bond acceptors (Lipinski definition) is 16. The van der Waals surface area contributed by atoms with Gasteiger partial charge in [0, 0.05) is 0 Å². The van der Waals surface area contributed by atoms with E-state index in [0.29, 0.717) is 0 Å². The first kappa shape index (κ1) is 33.6. The molecule has 30 heavy (non-hydrogen) atoms. The van der Waals surface area contributed by atoms with Crippen molar-refractivity contribution in [3.8, 4) is 0 Å². The van der Waals surface area contributed by atoms with Crippen LogP contribution in [0.4, 0.5) is 0 Å². The van der Waals surface area contributed by atoms with Gasteiger partial charge in [-0.3, -0.25) is 0 Å². The van der Waals surface area contributed by atoms with Gasteiger partial charge in [0.15, 0.2) is 18.3 Å². The fourth-order valence-corrected chi connectivity index (χ4v) is 1.67. The standard InChI is InChI=1S/C9H15O12P.C3H6O4.Na/c10-1-4(13)7(16)19-22(20-8(17)5(14)2-11)21-9(18)6(15)3-12;4-1-2(5)3(6)7;/h4-6,10-15H,1-3H2;2,4-5H,1H2,(H,6,7);/q;;+1/p-1. The molecule has 8 N–H and O–H groups in total. The van der Waals surface area contributed by atoms with E-state index in [9.17, 15) is 24.3 Å². The fraction of sp³-hybridized carbons (Fsp3) is 0.667. The average molecular weight is 474 g/mol. The summed E-state index contributed by atoms with van der Waals surface area (Å²) in [6.45, 7) is -3.91. The second kappa shape index (κ2) is 18.7. The summed E-state index contributed by atoms with van der Waals surface area (Å²) in [5.41, 5.74) is 0. The van der Waals surface area contributed by atoms with Crippen molar-refractivity contribution in [3.05, 3.63) is 0 Å². The Morgan fingerprint density at radius 2 is 0.867 bits per heavy atom. The smallest absolute Gasteiger partial charge is 0.547 e. The van der Waals surface area contributed by atoms with Crippen molar-refractivity contribution in [1.82, 2.24) is 0 Å². The van der Waals surface area contributed by atoms with E-state index in [-0.39, 0.29) is 29.6 Å². The third-order valence-corrected chi connectivity index (χ3v) is 3.26. The van der Waals surface area contributed by atoms with E-state index in [2.05, 4.69) is 13.6 Å². The van der Waals surface area contributed by atoms with E-state index in [4.69, 9.17) is 40.9 Å². The molecule has 18 heteroatoms. The van der Waals surface area contributed by atoms with E-state index in [1.165, 1.54) is 0 Å². The molecule has 0 spiro atoms. The van der Waals surface area contributed by atoms with E-state index < -0.39 is 83.3 Å². The minimum Gasteiger partial charge on any atom is -0.547 e. The number of rotatable bonds is 11. The maximum Gasteiger partial charge on any atom is 1.00 e. The van der Waals surface area contributed by atoms with Crippen LogP contribution in [0.1, 0.15) is 0 Å². The van der Waals surface area contributed by atoms with Crippen LogP contribution in [-0.2, 0) is 32.7 Å². The molecule has 0 amide bonds. The van der Waals surface area contributed by atoms with Crippen molar-refractivity contribution >= 4 is 32.5 Å². The summed E-state index contributed by atoms with van der Waals surface area (Å²) < 4.78 is 12.8. The Labute approximate surface area is 191 Å². The number of carboxylic acid groups (broad SMARTS) is 1. The first-order valence-corrected chi connectivity index (χ1v) is 8.36. The number of carbonyl (C=O) groups is 4. The molecule has 0 radical (unpaired) electrons. The Hall–Kier alpha value is -1.01. The summed E-state index contributed by atoms with van der Waals surface area (Å²) in [5.74, 6) is -6.22. The number of aliphatic carboxylic acids is 1. The summed E-state index contributed by atoms with van der Waals surface area (Å²) in [4.78, 5) is 43.0. The molecule has 4 unspecified atom stereocenters. The van der Waals surface area contributed by atoms with Crippen LogP contribution >= 0.6 is 8.60 Å². The third-order valence-electron chi connectivity index (χ3n) is 2.27. The van der Waals surface area contributed by atoms with Crippen molar-refractivity contribution in [3.63, 3.8) is 0 Å². The van der Waals surface area contributed by atoms with Gasteiger partial charge >= 0.3 is 56.1 Å². The maximum absolute atomic E-state index is 11.2. The average Bonchev–Trinajstić information content (AvgIpc) is 2.70. The number of hydrogen-bond donors (Lipinski definition) is 8. The van der Waals surface area contributed by atoms with Crippen LogP contribution in [0, 0.1) is 0 Å². The van der Waals surface area contributed by atoms with Crippen LogP contribution in [0.15, 0.2) is 0 Å². The Bertz CT molecular complexity index is 475. The first-order chi connectivity index (χ1) is 13.4. The molecule has 0 heterocycles. The molecule has 170 valence electrons. The predicted molar refractivity (Wildman–Crippen MR) is 82.6 cm³/mol. The van der Waals surface area contributed by atoms with Crippen LogP contribution in [0.5, 0.6) is 0 Å². The largest absolute Gasteiger partial charge is 1.00 e. The quantitative estimate of drug-likeness (QED) is 0.102. The predicted octanol–water partition coefficient (Wildman–Crippen LogP) is -10.0. The third kappa shape index (κ3) is 14.9. The fourth-order valence-electron chi connectivity index (χ4n) is 0.757. The molecule has 0 aromatic heterocycles. The molecule has 16 nitrogen and oxygen atoms in total. The normalized spacial score (nSPS) is 14.9. The number of aliphatic hydroxyl groups excluding tert-OH is 8. The second-order valence-corrected chi connectivity index (χ2v) is 5.56. The Morgan fingerprint density at radius 3 is 1.00 bits per heavy atom. The van der Waals surface area contributed by atoms with E-state index >= 15 is 0 Å². The molecule has 0 aromatic carbocycles. The van der Waals surface area contributed by atoms with Gasteiger partial charge in [-0.1, -0.05) is 0 Å². The summed E-state index contributed by atoms with van der Waals surface area (Å²) in [6, 6.07) is 0. The van der Waals surface area contributed by atoms with Crippen LogP contribution < -0.4 is 34.7 Å². The van der Waals surface area contributed by atoms with Gasteiger partial charge in [0.25, 0.3) is 0 Å². The minimum atomic E-state index is -3.16. The summed E-state index contributed by atoms with van der Waals surface area (Å²) in [6.07, 6.45) is -7.80. The molecule has 0 aliphatic heterocycles. The van der Waals surface area contributed by atoms with Crippen molar-refractivity contribution in [2.75, 3.05) is 26.4 Å². The summed E-state index contributed by atoms with van der Waals surface area (Å²) in [5, 5.41) is 77.8. The Balaban J connectivity index is -0.000000779. The van der Waals surface area contributed by atoms with Gasteiger partial charge in [-0.15, -0.1) is 0 Å². The first-order valence-electron chi connectivity index (χ1n) is 7.27. The monoisotopic (exact) mass is 474 g/mol. The Kier molecular flexibility index (Phi) is 21.0. The maximum atomic E-state index is 11.2. The Morgan fingerprint density at radius 1 is 0.633 bits per heavy atom. The topological polar surface area (TPSA) is 281 Å².